The van der Waals surface area contributed by atoms with Crippen molar-refractivity contribution in [3.05, 3.63) is 70.6 Å². The minimum absolute atomic E-state index is 0.0339. The van der Waals surface area contributed by atoms with Crippen LogP contribution in [0.1, 0.15) is 42.6 Å². The van der Waals surface area contributed by atoms with E-state index in [-0.39, 0.29) is 24.0 Å². The van der Waals surface area contributed by atoms with Crippen molar-refractivity contribution >= 4 is 28.4 Å². The van der Waals surface area contributed by atoms with E-state index in [2.05, 4.69) is 11.9 Å². The van der Waals surface area contributed by atoms with Gasteiger partial charge in [0.05, 0.1) is 12.6 Å². The third-order valence-electron chi connectivity index (χ3n) is 6.57. The number of rotatable bonds is 5. The number of nitrogens with one attached hydrogen (secondary N) is 2. The minimum atomic E-state index is -1.03. The van der Waals surface area contributed by atoms with Crippen LogP contribution in [0.3, 0.4) is 0 Å². The van der Waals surface area contributed by atoms with Gasteiger partial charge in [-0.25, -0.2) is 5.21 Å². The predicted octanol–water partition coefficient (Wildman–Crippen LogP) is 2.06. The number of carbonyl (C=O) groups is 2. The van der Waals surface area contributed by atoms with Crippen molar-refractivity contribution in [1.82, 2.24) is 14.8 Å². The first-order chi connectivity index (χ1) is 15.5. The zero-order chi connectivity index (χ0) is 22.4. The van der Waals surface area contributed by atoms with Gasteiger partial charge in [-0.15, -0.1) is 0 Å². The van der Waals surface area contributed by atoms with Gasteiger partial charge in [0.1, 0.15) is 6.04 Å². The van der Waals surface area contributed by atoms with Crippen molar-refractivity contribution < 1.29 is 20.0 Å². The zero-order valence-electron chi connectivity index (χ0n) is 17.9. The molecule has 2 aromatic carbocycles. The van der Waals surface area contributed by atoms with Gasteiger partial charge in [-0.2, -0.15) is 5.23 Å². The number of piperazine rings is 1. The highest BCUT2D eigenvalue weighted by Gasteiger charge is 2.48. The Bertz CT molecular complexity index is 1190. The number of aromatic amines is 1. The summed E-state index contributed by atoms with van der Waals surface area (Å²) >= 11 is 0. The van der Waals surface area contributed by atoms with Crippen molar-refractivity contribution in [2.75, 3.05) is 13.1 Å². The van der Waals surface area contributed by atoms with Gasteiger partial charge in [0.25, 0.3) is 0 Å². The van der Waals surface area contributed by atoms with Gasteiger partial charge in [-0.3, -0.25) is 9.59 Å². The van der Waals surface area contributed by atoms with Crippen molar-refractivity contribution in [3.63, 3.8) is 0 Å². The summed E-state index contributed by atoms with van der Waals surface area (Å²) in [5.41, 5.74) is 3.66. The molecule has 3 aromatic rings. The van der Waals surface area contributed by atoms with Crippen LogP contribution in [-0.2, 0) is 16.0 Å². The van der Waals surface area contributed by atoms with Gasteiger partial charge >= 0.3 is 0 Å². The lowest BCUT2D eigenvalue weighted by Gasteiger charge is -2.47. The molecule has 2 aliphatic rings. The molecule has 0 radical (unpaired) electrons. The number of unbranched alkanes of at least 4 members (excludes halogenated alkanes) is 1. The molecule has 1 saturated heterocycles. The van der Waals surface area contributed by atoms with Crippen molar-refractivity contribution in [2.45, 2.75) is 38.3 Å². The van der Waals surface area contributed by atoms with Crippen LogP contribution in [0.5, 0.6) is 0 Å². The first-order valence-electron chi connectivity index (χ1n) is 11.0. The van der Waals surface area contributed by atoms with Gasteiger partial charge in [0.2, 0.25) is 11.8 Å². The fourth-order valence-electron chi connectivity index (χ4n) is 5.05. The largest absolute Gasteiger partial charge is 0.595 e. The summed E-state index contributed by atoms with van der Waals surface area (Å²) in [5, 5.41) is 21.1. The molecule has 2 aliphatic heterocycles. The van der Waals surface area contributed by atoms with Crippen molar-refractivity contribution in [3.8, 4) is 0 Å². The van der Waals surface area contributed by atoms with E-state index < -0.39 is 17.3 Å². The number of carbonyl (C=O) groups excluding carboxylic acids is 2. The summed E-state index contributed by atoms with van der Waals surface area (Å²) in [6.07, 6.45) is 2.25. The normalized spacial score (nSPS) is 21.6. The number of para-hydroxylation sites is 1. The molecule has 8 heteroatoms. The number of hydrogen-bond donors (Lipinski definition) is 3. The number of nitrogens with zero attached hydrogens (tertiary/aromatic N) is 2. The molecule has 2 amide bonds. The van der Waals surface area contributed by atoms with Crippen LogP contribution >= 0.6 is 0 Å². The van der Waals surface area contributed by atoms with Crippen LogP contribution in [0.25, 0.3) is 10.9 Å². The van der Waals surface area contributed by atoms with Gasteiger partial charge in [0.15, 0.2) is 5.69 Å². The second kappa shape index (κ2) is 8.05. The molecule has 1 aromatic heterocycles. The summed E-state index contributed by atoms with van der Waals surface area (Å²) in [5.74, 6) is -0.144. The highest BCUT2D eigenvalue weighted by molar-refractivity contribution is 5.97. The maximum absolute atomic E-state index is 13.5. The average molecular weight is 434 g/mol. The Morgan fingerprint density at radius 2 is 2.00 bits per heavy atom. The summed E-state index contributed by atoms with van der Waals surface area (Å²) in [7, 11) is 0. The van der Waals surface area contributed by atoms with Crippen LogP contribution in [0.15, 0.2) is 48.5 Å². The van der Waals surface area contributed by atoms with E-state index in [1.54, 1.807) is 21.9 Å². The SMILES string of the molecule is CCCCN1CC(=O)N2C(c3cccc([NH+]([O-])O)c3)c3[nH]c4ccccc4c3C[C@H]2C1=O. The maximum atomic E-state index is 13.5. The molecule has 32 heavy (non-hydrogen) atoms. The van der Waals surface area contributed by atoms with E-state index in [1.165, 1.54) is 6.07 Å². The fraction of sp³-hybridized carbons (Fsp3) is 0.333. The molecule has 0 bridgehead atoms. The van der Waals surface area contributed by atoms with Gasteiger partial charge in [-0.1, -0.05) is 43.7 Å². The van der Waals surface area contributed by atoms with E-state index in [9.17, 15) is 20.0 Å². The zero-order valence-corrected chi connectivity index (χ0v) is 17.9. The summed E-state index contributed by atoms with van der Waals surface area (Å²) in [6.45, 7) is 2.69. The molecule has 0 aliphatic carbocycles. The lowest BCUT2D eigenvalue weighted by Crippen LogP contribution is -2.99. The van der Waals surface area contributed by atoms with Crippen molar-refractivity contribution in [1.29, 1.82) is 0 Å². The molecular weight excluding hydrogens is 408 g/mol. The number of aromatic nitrogens is 1. The number of amides is 2. The number of quaternary nitrogens is 1. The monoisotopic (exact) mass is 434 g/mol. The summed E-state index contributed by atoms with van der Waals surface area (Å²) in [4.78, 5) is 33.6. The third kappa shape index (κ3) is 3.28. The first kappa shape index (κ1) is 20.7. The lowest BCUT2D eigenvalue weighted by atomic mass is 9.86. The van der Waals surface area contributed by atoms with Crippen molar-refractivity contribution in [2.24, 2.45) is 0 Å². The molecular formula is C24H26N4O4. The number of hydrogen-bond acceptors (Lipinski definition) is 4. The number of benzene rings is 2. The van der Waals surface area contributed by atoms with Crippen LogP contribution in [0.2, 0.25) is 0 Å². The molecule has 2 unspecified atom stereocenters. The quantitative estimate of drug-likeness (QED) is 0.535. The molecule has 0 saturated carbocycles. The standard InChI is InChI=1S/C24H26N4O4/c1-2-3-11-26-14-21(29)27-20(24(26)30)13-18-17-9-4-5-10-19(17)25-22(18)23(27)15-7-6-8-16(12-15)28(31)32/h4-10,12,20,23,25,28,31H,2-3,11,13-14H2,1H3/t20-,23?/m0/s1. The highest BCUT2D eigenvalue weighted by atomic mass is 16.8. The van der Waals surface area contributed by atoms with Crippen LogP contribution in [0, 0.1) is 5.21 Å². The third-order valence-corrected chi connectivity index (χ3v) is 6.57. The first-order valence-corrected chi connectivity index (χ1v) is 11.0. The van der Waals surface area contributed by atoms with E-state index in [0.29, 0.717) is 18.5 Å². The Hall–Kier alpha value is -3.20. The Morgan fingerprint density at radius 3 is 2.78 bits per heavy atom. The molecule has 3 atom stereocenters. The van der Waals surface area contributed by atoms with Crippen LogP contribution in [-0.4, -0.2) is 50.9 Å². The average Bonchev–Trinajstić information content (AvgIpc) is 3.17. The number of H-pyrrole nitrogens is 1. The van der Waals surface area contributed by atoms with Crippen LogP contribution < -0.4 is 5.23 Å². The number of fused-ring (bicyclic) bond motifs is 4. The predicted molar refractivity (Wildman–Crippen MR) is 118 cm³/mol. The Morgan fingerprint density at radius 1 is 1.19 bits per heavy atom. The molecule has 3 N–H and O–H groups in total. The molecule has 1 fully saturated rings. The Labute approximate surface area is 185 Å². The molecule has 166 valence electrons. The Balaban J connectivity index is 1.67. The lowest BCUT2D eigenvalue weighted by molar-refractivity contribution is -0.991. The van der Waals surface area contributed by atoms with Gasteiger partial charge in [-0.05, 0) is 23.6 Å². The van der Waals surface area contributed by atoms with Gasteiger partial charge < -0.3 is 20.0 Å². The summed E-state index contributed by atoms with van der Waals surface area (Å²) in [6, 6.07) is 13.4. The van der Waals surface area contributed by atoms with Crippen LogP contribution in [0.4, 0.5) is 5.69 Å². The molecule has 5 rings (SSSR count). The van der Waals surface area contributed by atoms with E-state index in [0.717, 1.165) is 35.0 Å². The van der Waals surface area contributed by atoms with Gasteiger partial charge in [0, 0.05) is 41.7 Å². The smallest absolute Gasteiger partial charge is 0.246 e. The second-order valence-electron chi connectivity index (χ2n) is 8.53. The maximum Gasteiger partial charge on any atom is 0.246 e. The second-order valence-corrected chi connectivity index (χ2v) is 8.53. The topological polar surface area (TPSA) is 104 Å². The minimum Gasteiger partial charge on any atom is -0.595 e. The molecule has 8 nitrogen and oxygen atoms in total. The molecule has 0 spiro atoms. The van der Waals surface area contributed by atoms with E-state index in [4.69, 9.17) is 0 Å². The van der Waals surface area contributed by atoms with E-state index >= 15 is 0 Å². The van der Waals surface area contributed by atoms with E-state index in [1.807, 2.05) is 30.3 Å². The fourth-order valence-corrected chi connectivity index (χ4v) is 5.05. The highest BCUT2D eigenvalue weighted by Crippen LogP contribution is 2.42. The Kier molecular flexibility index (Phi) is 5.21. The summed E-state index contributed by atoms with van der Waals surface area (Å²) < 4.78 is 0. The molecule has 3 heterocycles.